The van der Waals surface area contributed by atoms with E-state index in [-0.39, 0.29) is 23.8 Å². The third kappa shape index (κ3) is 5.13. The fraction of sp³-hybridized carbons (Fsp3) is 0.450. The Hall–Kier alpha value is -2.86. The van der Waals surface area contributed by atoms with Crippen molar-refractivity contribution in [3.8, 4) is 0 Å². The molecule has 1 aromatic rings. The second-order valence-electron chi connectivity index (χ2n) is 8.02. The first-order valence-corrected chi connectivity index (χ1v) is 11.6. The molecule has 2 amide bonds. The van der Waals surface area contributed by atoms with E-state index >= 15 is 0 Å². The van der Waals surface area contributed by atoms with Crippen LogP contribution in [0.4, 0.5) is 0 Å². The number of β-lactam (4-membered cyclic amide) rings is 1. The van der Waals surface area contributed by atoms with Crippen molar-refractivity contribution >= 4 is 52.6 Å². The van der Waals surface area contributed by atoms with Gasteiger partial charge in [0.15, 0.2) is 5.71 Å². The van der Waals surface area contributed by atoms with Gasteiger partial charge in [0.2, 0.25) is 0 Å². The summed E-state index contributed by atoms with van der Waals surface area (Å²) in [5, 5.41) is 17.5. The SMILES string of the molecule is CC(=O)OCC1=C(C(=O)O)N2C(=O)[C@@H](NC(=O)C(=NOC(C)(C)C)c3cccs3)[C@H]2SC1. The van der Waals surface area contributed by atoms with Gasteiger partial charge >= 0.3 is 11.9 Å². The first-order valence-electron chi connectivity index (χ1n) is 9.64. The fourth-order valence-electron chi connectivity index (χ4n) is 2.99. The Morgan fingerprint density at radius 3 is 2.62 bits per heavy atom. The van der Waals surface area contributed by atoms with Crippen LogP contribution >= 0.6 is 23.1 Å². The predicted octanol–water partition coefficient (Wildman–Crippen LogP) is 1.57. The Balaban J connectivity index is 1.78. The van der Waals surface area contributed by atoms with Crippen LogP contribution in [0.2, 0.25) is 0 Å². The molecule has 12 heteroatoms. The Labute approximate surface area is 192 Å². The van der Waals surface area contributed by atoms with Gasteiger partial charge in [-0.3, -0.25) is 19.3 Å². The van der Waals surface area contributed by atoms with E-state index in [4.69, 9.17) is 9.57 Å². The van der Waals surface area contributed by atoms with Gasteiger partial charge in [-0.2, -0.15) is 0 Å². The van der Waals surface area contributed by atoms with E-state index < -0.39 is 40.8 Å². The summed E-state index contributed by atoms with van der Waals surface area (Å²) in [7, 11) is 0. The molecule has 32 heavy (non-hydrogen) atoms. The van der Waals surface area contributed by atoms with Crippen molar-refractivity contribution in [1.82, 2.24) is 10.2 Å². The van der Waals surface area contributed by atoms with E-state index in [2.05, 4.69) is 10.5 Å². The minimum atomic E-state index is -1.30. The number of fused-ring (bicyclic) bond motifs is 1. The summed E-state index contributed by atoms with van der Waals surface area (Å²) in [5.41, 5.74) is -0.475. The van der Waals surface area contributed by atoms with Crippen LogP contribution in [0.1, 0.15) is 32.6 Å². The Kier molecular flexibility index (Phi) is 6.94. The summed E-state index contributed by atoms with van der Waals surface area (Å²) < 4.78 is 4.91. The van der Waals surface area contributed by atoms with Gasteiger partial charge in [0.05, 0.1) is 4.88 Å². The molecule has 2 N–H and O–H groups in total. The standard InChI is InChI=1S/C20H23N3O7S2/c1-10(24)29-8-11-9-32-18-14(17(26)23(18)15(11)19(27)28)21-16(25)13(12-6-5-7-31-12)22-30-20(2,3)4/h5-7,14,18H,8-9H2,1-4H3,(H,21,25)(H,27,28)/t14-,18-/m1/s1. The lowest BCUT2D eigenvalue weighted by Gasteiger charge is -2.49. The molecule has 0 unspecified atom stereocenters. The maximum Gasteiger partial charge on any atom is 0.352 e. The maximum atomic E-state index is 13.0. The van der Waals surface area contributed by atoms with Gasteiger partial charge in [-0.1, -0.05) is 11.2 Å². The molecular formula is C20H23N3O7S2. The maximum absolute atomic E-state index is 13.0. The van der Waals surface area contributed by atoms with Crippen LogP contribution in [0.5, 0.6) is 0 Å². The minimum absolute atomic E-state index is 0.0338. The number of rotatable bonds is 7. The van der Waals surface area contributed by atoms with E-state index in [1.54, 1.807) is 38.3 Å². The van der Waals surface area contributed by atoms with E-state index in [9.17, 15) is 24.3 Å². The Morgan fingerprint density at radius 2 is 2.06 bits per heavy atom. The third-order valence-electron chi connectivity index (χ3n) is 4.37. The van der Waals surface area contributed by atoms with Gasteiger partial charge in [0.1, 0.15) is 29.3 Å². The van der Waals surface area contributed by atoms with Crippen LogP contribution in [-0.4, -0.2) is 68.8 Å². The molecule has 3 rings (SSSR count). The molecule has 0 radical (unpaired) electrons. The molecule has 1 aromatic heterocycles. The number of oxime groups is 1. The molecule has 1 saturated heterocycles. The molecule has 0 aliphatic carbocycles. The van der Waals surface area contributed by atoms with E-state index in [1.165, 1.54) is 30.0 Å². The molecule has 2 aliphatic rings. The van der Waals surface area contributed by atoms with E-state index in [0.29, 0.717) is 10.5 Å². The van der Waals surface area contributed by atoms with E-state index in [0.717, 1.165) is 4.90 Å². The number of thiophene rings is 1. The monoisotopic (exact) mass is 481 g/mol. The molecule has 0 saturated carbocycles. The summed E-state index contributed by atoms with van der Waals surface area (Å²) in [5.74, 6) is -2.76. The number of esters is 1. The topological polar surface area (TPSA) is 135 Å². The molecule has 1 fully saturated rings. The number of amides is 2. The van der Waals surface area contributed by atoms with Crippen molar-refractivity contribution in [2.24, 2.45) is 5.16 Å². The van der Waals surface area contributed by atoms with E-state index in [1.807, 2.05) is 0 Å². The quantitative estimate of drug-likeness (QED) is 0.259. The lowest BCUT2D eigenvalue weighted by atomic mass is 10.0. The molecule has 0 spiro atoms. The fourth-order valence-corrected chi connectivity index (χ4v) is 5.02. The highest BCUT2D eigenvalue weighted by Crippen LogP contribution is 2.40. The number of thioether (sulfide) groups is 1. The first-order chi connectivity index (χ1) is 15.0. The van der Waals surface area contributed by atoms with Gasteiger partial charge in [-0.15, -0.1) is 23.1 Å². The number of ether oxygens (including phenoxy) is 1. The number of nitrogens with one attached hydrogen (secondary N) is 1. The van der Waals surface area contributed by atoms with Crippen LogP contribution in [0.15, 0.2) is 33.9 Å². The predicted molar refractivity (Wildman–Crippen MR) is 118 cm³/mol. The zero-order valence-corrected chi connectivity index (χ0v) is 19.5. The van der Waals surface area contributed by atoms with Crippen LogP contribution < -0.4 is 5.32 Å². The third-order valence-corrected chi connectivity index (χ3v) is 6.58. The van der Waals surface area contributed by atoms with Crippen molar-refractivity contribution < 1.29 is 33.9 Å². The molecule has 3 heterocycles. The van der Waals surface area contributed by atoms with Crippen LogP contribution in [0.3, 0.4) is 0 Å². The lowest BCUT2D eigenvalue weighted by molar-refractivity contribution is -0.150. The van der Waals surface area contributed by atoms with Crippen molar-refractivity contribution in [3.63, 3.8) is 0 Å². The highest BCUT2D eigenvalue weighted by atomic mass is 32.2. The summed E-state index contributed by atoms with van der Waals surface area (Å²) >= 11 is 2.58. The minimum Gasteiger partial charge on any atom is -0.477 e. The Bertz CT molecular complexity index is 995. The lowest BCUT2D eigenvalue weighted by Crippen LogP contribution is -2.71. The van der Waals surface area contributed by atoms with Crippen LogP contribution in [-0.2, 0) is 28.8 Å². The molecule has 172 valence electrons. The zero-order chi connectivity index (χ0) is 23.6. The number of hydrogen-bond acceptors (Lipinski definition) is 9. The number of hydrogen-bond donors (Lipinski definition) is 2. The number of carbonyl (C=O) groups excluding carboxylic acids is 3. The normalized spacial score (nSPS) is 20.9. The average molecular weight is 482 g/mol. The largest absolute Gasteiger partial charge is 0.477 e. The number of carboxylic acids is 1. The summed E-state index contributed by atoms with van der Waals surface area (Å²) in [4.78, 5) is 55.7. The number of carboxylic acid groups (broad SMARTS) is 1. The summed E-state index contributed by atoms with van der Waals surface area (Å²) in [6.07, 6.45) is 0. The number of carbonyl (C=O) groups is 4. The van der Waals surface area contributed by atoms with Crippen molar-refractivity contribution in [2.45, 2.75) is 44.7 Å². The molecular weight excluding hydrogens is 458 g/mol. The van der Waals surface area contributed by atoms with Gasteiger partial charge in [-0.25, -0.2) is 4.79 Å². The van der Waals surface area contributed by atoms with Crippen molar-refractivity contribution in [2.75, 3.05) is 12.4 Å². The Morgan fingerprint density at radius 1 is 1.34 bits per heavy atom. The molecule has 0 aromatic carbocycles. The molecule has 0 bridgehead atoms. The second kappa shape index (κ2) is 9.33. The van der Waals surface area contributed by atoms with Gasteiger partial charge in [0.25, 0.3) is 11.8 Å². The number of aliphatic carboxylic acids is 1. The van der Waals surface area contributed by atoms with Crippen molar-refractivity contribution in [1.29, 1.82) is 0 Å². The van der Waals surface area contributed by atoms with Crippen LogP contribution in [0, 0.1) is 0 Å². The molecule has 2 atom stereocenters. The smallest absolute Gasteiger partial charge is 0.352 e. The van der Waals surface area contributed by atoms with Gasteiger partial charge < -0.3 is 20.0 Å². The second-order valence-corrected chi connectivity index (χ2v) is 10.1. The zero-order valence-electron chi connectivity index (χ0n) is 17.9. The average Bonchev–Trinajstić information content (AvgIpc) is 3.23. The summed E-state index contributed by atoms with van der Waals surface area (Å²) in [6.45, 7) is 6.38. The van der Waals surface area contributed by atoms with Crippen molar-refractivity contribution in [3.05, 3.63) is 33.7 Å². The van der Waals surface area contributed by atoms with Gasteiger partial charge in [0, 0.05) is 18.2 Å². The highest BCUT2D eigenvalue weighted by molar-refractivity contribution is 8.00. The molecule has 10 nitrogen and oxygen atoms in total. The molecule has 2 aliphatic heterocycles. The first kappa shape index (κ1) is 23.8. The number of nitrogens with zero attached hydrogens (tertiary/aromatic N) is 2. The highest BCUT2D eigenvalue weighted by Gasteiger charge is 2.54. The van der Waals surface area contributed by atoms with Gasteiger partial charge in [-0.05, 0) is 32.2 Å². The van der Waals surface area contributed by atoms with Crippen LogP contribution in [0.25, 0.3) is 0 Å². The summed E-state index contributed by atoms with van der Waals surface area (Å²) in [6, 6.07) is 2.56.